The van der Waals surface area contributed by atoms with Gasteiger partial charge in [-0.15, -0.1) is 0 Å². The molecule has 1 saturated heterocycles. The molecule has 0 aromatic heterocycles. The Morgan fingerprint density at radius 3 is 2.50 bits per heavy atom. The maximum absolute atomic E-state index is 12.8. The van der Waals surface area contributed by atoms with Gasteiger partial charge in [0.05, 0.1) is 17.7 Å². The van der Waals surface area contributed by atoms with E-state index in [2.05, 4.69) is 4.72 Å². The molecule has 1 fully saturated rings. The molecule has 2 aromatic carbocycles. The second-order valence-corrected chi connectivity index (χ2v) is 7.95. The number of nitrogens with one attached hydrogen (secondary N) is 1. The lowest BCUT2D eigenvalue weighted by atomic mass is 10.1. The molecule has 0 spiro atoms. The Morgan fingerprint density at radius 2 is 1.88 bits per heavy atom. The van der Waals surface area contributed by atoms with Crippen LogP contribution in [0.5, 0.6) is 5.75 Å². The zero-order valence-electron chi connectivity index (χ0n) is 14.8. The van der Waals surface area contributed by atoms with E-state index in [0.29, 0.717) is 24.4 Å². The zero-order valence-corrected chi connectivity index (χ0v) is 15.6. The number of methoxy groups -OCH3 is 1. The fourth-order valence-electron chi connectivity index (χ4n) is 3.06. The average molecular weight is 374 g/mol. The standard InChI is InChI=1S/C19H22N2O4S/c1-14(15-7-4-3-5-8-15)20-26(23,24)16-10-11-18(25-2)17(13-16)21-12-6-9-19(21)22/h3-5,7-8,10-11,13-14,20H,6,9,12H2,1-2H3/t14-/m0/s1. The fraction of sp³-hybridized carbons (Fsp3) is 0.316. The molecule has 0 unspecified atom stereocenters. The number of rotatable bonds is 6. The first kappa shape index (κ1) is 18.4. The number of carbonyl (C=O) groups is 1. The van der Waals surface area contributed by atoms with Crippen molar-refractivity contribution in [3.05, 3.63) is 54.1 Å². The number of anilines is 1. The van der Waals surface area contributed by atoms with Gasteiger partial charge in [0.1, 0.15) is 5.75 Å². The van der Waals surface area contributed by atoms with Crippen LogP contribution in [0.3, 0.4) is 0 Å². The second-order valence-electron chi connectivity index (χ2n) is 6.24. The van der Waals surface area contributed by atoms with E-state index in [1.807, 2.05) is 30.3 Å². The normalized spacial score (nSPS) is 15.9. The van der Waals surface area contributed by atoms with Gasteiger partial charge in [0.15, 0.2) is 0 Å². The van der Waals surface area contributed by atoms with E-state index in [9.17, 15) is 13.2 Å². The lowest BCUT2D eigenvalue weighted by Gasteiger charge is -2.21. The van der Waals surface area contributed by atoms with Crippen LogP contribution in [-0.2, 0) is 14.8 Å². The first-order chi connectivity index (χ1) is 12.4. The summed E-state index contributed by atoms with van der Waals surface area (Å²) in [7, 11) is -2.24. The largest absolute Gasteiger partial charge is 0.495 e. The van der Waals surface area contributed by atoms with Crippen LogP contribution < -0.4 is 14.4 Å². The zero-order chi connectivity index (χ0) is 18.7. The topological polar surface area (TPSA) is 75.7 Å². The quantitative estimate of drug-likeness (QED) is 0.844. The Hall–Kier alpha value is -2.38. The highest BCUT2D eigenvalue weighted by Crippen LogP contribution is 2.34. The minimum atomic E-state index is -3.75. The lowest BCUT2D eigenvalue weighted by Crippen LogP contribution is -2.28. The number of ether oxygens (including phenoxy) is 1. The summed E-state index contributed by atoms with van der Waals surface area (Å²) in [4.78, 5) is 13.8. The summed E-state index contributed by atoms with van der Waals surface area (Å²) in [6, 6.07) is 13.6. The molecule has 1 heterocycles. The van der Waals surface area contributed by atoms with Crippen LogP contribution in [0.4, 0.5) is 5.69 Å². The molecule has 1 aliphatic heterocycles. The molecule has 1 amide bonds. The molecule has 1 atom stereocenters. The van der Waals surface area contributed by atoms with Crippen molar-refractivity contribution in [3.63, 3.8) is 0 Å². The first-order valence-electron chi connectivity index (χ1n) is 8.48. The third kappa shape index (κ3) is 3.73. The predicted octanol–water partition coefficient (Wildman–Crippen LogP) is 2.86. The van der Waals surface area contributed by atoms with Gasteiger partial charge < -0.3 is 9.64 Å². The number of nitrogens with zero attached hydrogens (tertiary/aromatic N) is 1. The average Bonchev–Trinajstić information content (AvgIpc) is 3.07. The van der Waals surface area contributed by atoms with Gasteiger partial charge in [-0.3, -0.25) is 4.79 Å². The monoisotopic (exact) mass is 374 g/mol. The smallest absolute Gasteiger partial charge is 0.241 e. The number of hydrogen-bond acceptors (Lipinski definition) is 4. The summed E-state index contributed by atoms with van der Waals surface area (Å²) in [6.07, 6.45) is 1.21. The van der Waals surface area contributed by atoms with Crippen LogP contribution >= 0.6 is 0 Å². The van der Waals surface area contributed by atoms with Crippen LogP contribution in [-0.4, -0.2) is 28.0 Å². The molecule has 0 aliphatic carbocycles. The SMILES string of the molecule is COc1ccc(S(=O)(=O)N[C@@H](C)c2ccccc2)cc1N1CCCC1=O. The predicted molar refractivity (Wildman–Crippen MR) is 99.8 cm³/mol. The van der Waals surface area contributed by atoms with E-state index in [1.165, 1.54) is 19.2 Å². The third-order valence-corrected chi connectivity index (χ3v) is 5.99. The summed E-state index contributed by atoms with van der Waals surface area (Å²) in [6.45, 7) is 2.36. The van der Waals surface area contributed by atoms with Gasteiger partial charge in [0.25, 0.3) is 0 Å². The lowest BCUT2D eigenvalue weighted by molar-refractivity contribution is -0.117. The molecule has 7 heteroatoms. The fourth-order valence-corrected chi connectivity index (χ4v) is 4.31. The molecule has 2 aromatic rings. The van der Waals surface area contributed by atoms with Crippen molar-refractivity contribution in [2.75, 3.05) is 18.6 Å². The van der Waals surface area contributed by atoms with Gasteiger partial charge in [-0.1, -0.05) is 30.3 Å². The summed E-state index contributed by atoms with van der Waals surface area (Å²) in [5.74, 6) is 0.457. The highest BCUT2D eigenvalue weighted by atomic mass is 32.2. The van der Waals surface area contributed by atoms with Crippen molar-refractivity contribution in [1.29, 1.82) is 0 Å². The van der Waals surface area contributed by atoms with E-state index in [-0.39, 0.29) is 16.8 Å². The van der Waals surface area contributed by atoms with Gasteiger partial charge in [0.2, 0.25) is 15.9 Å². The van der Waals surface area contributed by atoms with Crippen LogP contribution in [0.2, 0.25) is 0 Å². The molecule has 0 radical (unpaired) electrons. The van der Waals surface area contributed by atoms with E-state index in [1.54, 1.807) is 17.9 Å². The van der Waals surface area contributed by atoms with Crippen molar-refractivity contribution in [1.82, 2.24) is 4.72 Å². The minimum Gasteiger partial charge on any atom is -0.495 e. The van der Waals surface area contributed by atoms with Crippen molar-refractivity contribution in [3.8, 4) is 5.75 Å². The van der Waals surface area contributed by atoms with Crippen LogP contribution in [0, 0.1) is 0 Å². The summed E-state index contributed by atoms with van der Waals surface area (Å²) < 4.78 is 33.6. The molecule has 0 saturated carbocycles. The molecule has 26 heavy (non-hydrogen) atoms. The summed E-state index contributed by atoms with van der Waals surface area (Å²) in [5.41, 5.74) is 1.37. The Kier molecular flexibility index (Phi) is 5.29. The van der Waals surface area contributed by atoms with Gasteiger partial charge in [-0.2, -0.15) is 0 Å². The maximum Gasteiger partial charge on any atom is 0.241 e. The number of hydrogen-bond donors (Lipinski definition) is 1. The molecule has 6 nitrogen and oxygen atoms in total. The van der Waals surface area contributed by atoms with Gasteiger partial charge in [0, 0.05) is 19.0 Å². The second kappa shape index (κ2) is 7.47. The molecule has 138 valence electrons. The number of benzene rings is 2. The van der Waals surface area contributed by atoms with Crippen LogP contribution in [0.25, 0.3) is 0 Å². The molecule has 1 N–H and O–H groups in total. The summed E-state index contributed by atoms with van der Waals surface area (Å²) in [5, 5.41) is 0. The highest BCUT2D eigenvalue weighted by molar-refractivity contribution is 7.89. The van der Waals surface area contributed by atoms with E-state index < -0.39 is 10.0 Å². The first-order valence-corrected chi connectivity index (χ1v) is 9.96. The van der Waals surface area contributed by atoms with E-state index >= 15 is 0 Å². The van der Waals surface area contributed by atoms with E-state index in [0.717, 1.165) is 12.0 Å². The number of amides is 1. The van der Waals surface area contributed by atoms with Crippen molar-refractivity contribution in [2.24, 2.45) is 0 Å². The van der Waals surface area contributed by atoms with Crippen molar-refractivity contribution in [2.45, 2.75) is 30.7 Å². The van der Waals surface area contributed by atoms with Gasteiger partial charge in [-0.05, 0) is 37.1 Å². The van der Waals surface area contributed by atoms with Crippen molar-refractivity contribution >= 4 is 21.6 Å². The Labute approximate surface area is 153 Å². The Balaban J connectivity index is 1.91. The van der Waals surface area contributed by atoms with Gasteiger partial charge >= 0.3 is 0 Å². The number of carbonyl (C=O) groups excluding carboxylic acids is 1. The molecular formula is C19H22N2O4S. The maximum atomic E-state index is 12.8. The minimum absolute atomic E-state index is 0.0246. The summed E-state index contributed by atoms with van der Waals surface area (Å²) >= 11 is 0. The Morgan fingerprint density at radius 1 is 1.15 bits per heavy atom. The van der Waals surface area contributed by atoms with Gasteiger partial charge in [-0.25, -0.2) is 13.1 Å². The number of sulfonamides is 1. The molecule has 0 bridgehead atoms. The highest BCUT2D eigenvalue weighted by Gasteiger charge is 2.27. The van der Waals surface area contributed by atoms with Crippen LogP contribution in [0.15, 0.2) is 53.4 Å². The van der Waals surface area contributed by atoms with Crippen molar-refractivity contribution < 1.29 is 17.9 Å². The molecular weight excluding hydrogens is 352 g/mol. The molecule has 1 aliphatic rings. The third-order valence-electron chi connectivity index (χ3n) is 4.46. The van der Waals surface area contributed by atoms with E-state index in [4.69, 9.17) is 4.74 Å². The Bertz CT molecular complexity index is 897. The van der Waals surface area contributed by atoms with Crippen LogP contribution in [0.1, 0.15) is 31.4 Å². The molecule has 3 rings (SSSR count).